The summed E-state index contributed by atoms with van der Waals surface area (Å²) in [6, 6.07) is 3.75. The molecule has 78 valence electrons. The quantitative estimate of drug-likeness (QED) is 0.746. The Labute approximate surface area is 85.5 Å². The van der Waals surface area contributed by atoms with Crippen LogP contribution in [-0.2, 0) is 0 Å². The minimum atomic E-state index is 0.368. The average molecular weight is 194 g/mol. The lowest BCUT2D eigenvalue weighted by molar-refractivity contribution is 0.308. The second kappa shape index (κ2) is 4.89. The van der Waals surface area contributed by atoms with Gasteiger partial charge in [0.2, 0.25) is 0 Å². The summed E-state index contributed by atoms with van der Waals surface area (Å²) in [6.45, 7) is 6.65. The molecule has 2 heteroatoms. The molecule has 1 aromatic rings. The first-order valence-electron chi connectivity index (χ1n) is 5.08. The number of aryl methyl sites for hydroxylation is 2. The molecule has 0 amide bonds. The van der Waals surface area contributed by atoms with Gasteiger partial charge in [-0.2, -0.15) is 0 Å². The van der Waals surface area contributed by atoms with Gasteiger partial charge in [-0.3, -0.25) is 0 Å². The van der Waals surface area contributed by atoms with Gasteiger partial charge in [0.25, 0.3) is 0 Å². The molecule has 0 saturated heterocycles. The van der Waals surface area contributed by atoms with Gasteiger partial charge in [0.05, 0.1) is 6.61 Å². The van der Waals surface area contributed by atoms with E-state index >= 15 is 0 Å². The van der Waals surface area contributed by atoms with E-state index in [0.29, 0.717) is 5.75 Å². The van der Waals surface area contributed by atoms with Gasteiger partial charge in [0, 0.05) is 0 Å². The first-order valence-corrected chi connectivity index (χ1v) is 5.08. The number of benzene rings is 1. The van der Waals surface area contributed by atoms with Crippen molar-refractivity contribution in [3.63, 3.8) is 0 Å². The molecule has 0 radical (unpaired) electrons. The zero-order chi connectivity index (χ0) is 10.6. The minimum Gasteiger partial charge on any atom is -0.507 e. The van der Waals surface area contributed by atoms with Crippen molar-refractivity contribution in [2.75, 3.05) is 6.61 Å². The van der Waals surface area contributed by atoms with Crippen molar-refractivity contribution in [1.82, 2.24) is 0 Å². The number of ether oxygens (including phenoxy) is 1. The summed E-state index contributed by atoms with van der Waals surface area (Å²) >= 11 is 0. The van der Waals surface area contributed by atoms with Crippen molar-refractivity contribution < 1.29 is 9.84 Å². The largest absolute Gasteiger partial charge is 0.507 e. The maximum absolute atomic E-state index is 9.55. The van der Waals surface area contributed by atoms with Crippen LogP contribution in [0.3, 0.4) is 0 Å². The van der Waals surface area contributed by atoms with E-state index in [1.165, 1.54) is 0 Å². The third kappa shape index (κ3) is 2.66. The molecule has 0 aromatic heterocycles. The molecular weight excluding hydrogens is 176 g/mol. The Morgan fingerprint density at radius 2 is 1.79 bits per heavy atom. The lowest BCUT2D eigenvalue weighted by Crippen LogP contribution is -1.97. The first-order chi connectivity index (χ1) is 6.65. The number of hydrogen-bond donors (Lipinski definition) is 1. The van der Waals surface area contributed by atoms with E-state index in [9.17, 15) is 5.11 Å². The molecule has 0 bridgehead atoms. The van der Waals surface area contributed by atoms with Crippen LogP contribution >= 0.6 is 0 Å². The van der Waals surface area contributed by atoms with E-state index in [1.54, 1.807) is 0 Å². The Morgan fingerprint density at radius 3 is 2.29 bits per heavy atom. The molecule has 0 aliphatic rings. The number of rotatable bonds is 4. The molecule has 0 unspecified atom stereocenters. The van der Waals surface area contributed by atoms with Crippen LogP contribution in [0.2, 0.25) is 0 Å². The van der Waals surface area contributed by atoms with Gasteiger partial charge >= 0.3 is 0 Å². The van der Waals surface area contributed by atoms with Crippen LogP contribution in [0.25, 0.3) is 0 Å². The van der Waals surface area contributed by atoms with Crippen molar-refractivity contribution in [1.29, 1.82) is 0 Å². The van der Waals surface area contributed by atoms with Crippen LogP contribution in [0.1, 0.15) is 30.9 Å². The zero-order valence-corrected chi connectivity index (χ0v) is 9.13. The van der Waals surface area contributed by atoms with E-state index in [2.05, 4.69) is 6.92 Å². The fourth-order valence-electron chi connectivity index (χ4n) is 1.33. The second-order valence-electron chi connectivity index (χ2n) is 3.61. The topological polar surface area (TPSA) is 29.5 Å². The van der Waals surface area contributed by atoms with Crippen LogP contribution in [0.15, 0.2) is 12.1 Å². The summed E-state index contributed by atoms with van der Waals surface area (Å²) in [6.07, 6.45) is 2.20. The normalized spacial score (nSPS) is 10.2. The van der Waals surface area contributed by atoms with E-state index in [0.717, 1.165) is 36.3 Å². The number of unbranched alkanes of at least 4 members (excludes halogenated alkanes) is 1. The molecule has 0 heterocycles. The Balaban J connectivity index is 2.69. The monoisotopic (exact) mass is 194 g/mol. The molecule has 0 aliphatic heterocycles. The second-order valence-corrected chi connectivity index (χ2v) is 3.61. The standard InChI is InChI=1S/C12H18O2/c1-4-5-6-14-11-7-9(2)12(13)10(3)8-11/h7-8,13H,4-6H2,1-3H3. The van der Waals surface area contributed by atoms with Gasteiger partial charge in [-0.25, -0.2) is 0 Å². The summed E-state index contributed by atoms with van der Waals surface area (Å²) in [5.41, 5.74) is 1.74. The molecular formula is C12H18O2. The maximum Gasteiger partial charge on any atom is 0.121 e. The highest BCUT2D eigenvalue weighted by Crippen LogP contribution is 2.26. The highest BCUT2D eigenvalue weighted by Gasteiger charge is 2.03. The third-order valence-electron chi connectivity index (χ3n) is 2.23. The molecule has 1 rings (SSSR count). The van der Waals surface area contributed by atoms with E-state index in [1.807, 2.05) is 26.0 Å². The van der Waals surface area contributed by atoms with Gasteiger partial charge in [0.1, 0.15) is 11.5 Å². The molecule has 0 atom stereocenters. The summed E-state index contributed by atoms with van der Waals surface area (Å²) in [5.74, 6) is 1.22. The molecule has 0 aliphatic carbocycles. The number of aromatic hydroxyl groups is 1. The molecule has 1 aromatic carbocycles. The highest BCUT2D eigenvalue weighted by molar-refractivity contribution is 5.44. The summed E-state index contributed by atoms with van der Waals surface area (Å²) < 4.78 is 5.55. The molecule has 0 saturated carbocycles. The van der Waals surface area contributed by atoms with Crippen LogP contribution in [-0.4, -0.2) is 11.7 Å². The van der Waals surface area contributed by atoms with Crippen molar-refractivity contribution in [3.05, 3.63) is 23.3 Å². The van der Waals surface area contributed by atoms with E-state index in [-0.39, 0.29) is 0 Å². The van der Waals surface area contributed by atoms with Gasteiger partial charge in [-0.15, -0.1) is 0 Å². The van der Waals surface area contributed by atoms with Crippen molar-refractivity contribution >= 4 is 0 Å². The molecule has 0 fully saturated rings. The smallest absolute Gasteiger partial charge is 0.121 e. The summed E-state index contributed by atoms with van der Waals surface area (Å²) in [5, 5.41) is 9.55. The van der Waals surface area contributed by atoms with Gasteiger partial charge in [-0.05, 0) is 43.5 Å². The van der Waals surface area contributed by atoms with E-state index in [4.69, 9.17) is 4.74 Å². The fraction of sp³-hybridized carbons (Fsp3) is 0.500. The first kappa shape index (κ1) is 10.9. The summed E-state index contributed by atoms with van der Waals surface area (Å²) in [4.78, 5) is 0. The molecule has 14 heavy (non-hydrogen) atoms. The molecule has 0 spiro atoms. The number of hydrogen-bond acceptors (Lipinski definition) is 2. The third-order valence-corrected chi connectivity index (χ3v) is 2.23. The van der Waals surface area contributed by atoms with Gasteiger partial charge in [-0.1, -0.05) is 13.3 Å². The zero-order valence-electron chi connectivity index (χ0n) is 9.13. The molecule has 1 N–H and O–H groups in total. The summed E-state index contributed by atoms with van der Waals surface area (Å²) in [7, 11) is 0. The van der Waals surface area contributed by atoms with E-state index < -0.39 is 0 Å². The Hall–Kier alpha value is -1.18. The predicted molar refractivity (Wildman–Crippen MR) is 58.0 cm³/mol. The average Bonchev–Trinajstić information content (AvgIpc) is 2.14. The molecule has 2 nitrogen and oxygen atoms in total. The Morgan fingerprint density at radius 1 is 1.21 bits per heavy atom. The van der Waals surface area contributed by atoms with Gasteiger partial charge in [0.15, 0.2) is 0 Å². The Bertz CT molecular complexity index is 282. The fourth-order valence-corrected chi connectivity index (χ4v) is 1.33. The SMILES string of the molecule is CCCCOc1cc(C)c(O)c(C)c1. The van der Waals surface area contributed by atoms with Crippen LogP contribution in [0.4, 0.5) is 0 Å². The van der Waals surface area contributed by atoms with Gasteiger partial charge < -0.3 is 9.84 Å². The lowest BCUT2D eigenvalue weighted by atomic mass is 10.1. The number of phenolic OH excluding ortho intramolecular Hbond substituents is 1. The lowest BCUT2D eigenvalue weighted by Gasteiger charge is -2.09. The van der Waals surface area contributed by atoms with Crippen molar-refractivity contribution in [2.24, 2.45) is 0 Å². The Kier molecular flexibility index (Phi) is 3.81. The number of phenols is 1. The van der Waals surface area contributed by atoms with Crippen molar-refractivity contribution in [3.8, 4) is 11.5 Å². The van der Waals surface area contributed by atoms with Crippen molar-refractivity contribution in [2.45, 2.75) is 33.6 Å². The van der Waals surface area contributed by atoms with Crippen LogP contribution < -0.4 is 4.74 Å². The predicted octanol–water partition coefficient (Wildman–Crippen LogP) is 3.19. The van der Waals surface area contributed by atoms with Crippen LogP contribution in [0.5, 0.6) is 11.5 Å². The highest BCUT2D eigenvalue weighted by atomic mass is 16.5. The van der Waals surface area contributed by atoms with Crippen LogP contribution in [0, 0.1) is 13.8 Å². The minimum absolute atomic E-state index is 0.368. The maximum atomic E-state index is 9.55.